The van der Waals surface area contributed by atoms with Gasteiger partial charge >= 0.3 is 0 Å². The second kappa shape index (κ2) is 6.05. The van der Waals surface area contributed by atoms with E-state index in [4.69, 9.17) is 0 Å². The summed E-state index contributed by atoms with van der Waals surface area (Å²) in [7, 11) is 1.72. The van der Waals surface area contributed by atoms with Crippen molar-refractivity contribution in [2.24, 2.45) is 0 Å². The van der Waals surface area contributed by atoms with Crippen molar-refractivity contribution in [3.8, 4) is 0 Å². The summed E-state index contributed by atoms with van der Waals surface area (Å²) in [5.41, 5.74) is 0.854. The zero-order chi connectivity index (χ0) is 14.5. The molecule has 2 heterocycles. The third-order valence-corrected chi connectivity index (χ3v) is 2.62. The monoisotopic (exact) mass is 272 g/mol. The lowest BCUT2D eigenvalue weighted by Crippen LogP contribution is -2.18. The quantitative estimate of drug-likeness (QED) is 0.879. The average Bonchev–Trinajstić information content (AvgIpc) is 2.47. The van der Waals surface area contributed by atoms with Crippen molar-refractivity contribution < 1.29 is 4.79 Å². The number of carbonyl (C=O) groups is 1. The van der Waals surface area contributed by atoms with Crippen LogP contribution in [0, 0.1) is 0 Å². The predicted molar refractivity (Wildman–Crippen MR) is 75.7 cm³/mol. The number of carbonyl (C=O) groups excluding carboxylic acids is 1. The number of rotatable bonds is 4. The lowest BCUT2D eigenvalue weighted by Gasteiger charge is -2.11. The second-order valence-corrected chi connectivity index (χ2v) is 4.46. The van der Waals surface area contributed by atoms with E-state index in [0.717, 1.165) is 0 Å². The van der Waals surface area contributed by atoms with Crippen LogP contribution in [0.15, 0.2) is 24.5 Å². The lowest BCUT2D eigenvalue weighted by molar-refractivity contribution is 0.102. The van der Waals surface area contributed by atoms with Crippen LogP contribution >= 0.6 is 0 Å². The SMILES string of the molecule is CNc1cnc(C(C)C)nc1C(=O)Nc1cccnn1. The number of anilines is 2. The molecule has 0 fully saturated rings. The van der Waals surface area contributed by atoms with Gasteiger partial charge in [-0.1, -0.05) is 13.8 Å². The van der Waals surface area contributed by atoms with Gasteiger partial charge in [0.1, 0.15) is 5.82 Å². The highest BCUT2D eigenvalue weighted by atomic mass is 16.2. The Morgan fingerprint density at radius 2 is 2.15 bits per heavy atom. The van der Waals surface area contributed by atoms with Crippen LogP contribution in [0.4, 0.5) is 11.5 Å². The van der Waals surface area contributed by atoms with Crippen molar-refractivity contribution in [3.63, 3.8) is 0 Å². The number of nitrogens with zero attached hydrogens (tertiary/aromatic N) is 4. The van der Waals surface area contributed by atoms with Gasteiger partial charge in [-0.25, -0.2) is 9.97 Å². The largest absolute Gasteiger partial charge is 0.385 e. The van der Waals surface area contributed by atoms with Crippen LogP contribution in [0.5, 0.6) is 0 Å². The molecular weight excluding hydrogens is 256 g/mol. The topological polar surface area (TPSA) is 92.7 Å². The van der Waals surface area contributed by atoms with Gasteiger partial charge in [0.15, 0.2) is 11.5 Å². The maximum atomic E-state index is 12.3. The Hall–Kier alpha value is -2.57. The summed E-state index contributed by atoms with van der Waals surface area (Å²) >= 11 is 0. The number of aromatic nitrogens is 4. The van der Waals surface area contributed by atoms with Crippen LogP contribution in [0.3, 0.4) is 0 Å². The van der Waals surface area contributed by atoms with E-state index in [-0.39, 0.29) is 17.5 Å². The minimum absolute atomic E-state index is 0.143. The normalized spacial score (nSPS) is 10.4. The van der Waals surface area contributed by atoms with E-state index in [1.807, 2.05) is 13.8 Å². The van der Waals surface area contributed by atoms with Crippen molar-refractivity contribution in [2.75, 3.05) is 17.7 Å². The van der Waals surface area contributed by atoms with Gasteiger partial charge in [0, 0.05) is 19.2 Å². The second-order valence-electron chi connectivity index (χ2n) is 4.46. The average molecular weight is 272 g/mol. The maximum Gasteiger partial charge on any atom is 0.277 e. The summed E-state index contributed by atoms with van der Waals surface area (Å²) in [5, 5.41) is 13.1. The predicted octanol–water partition coefficient (Wildman–Crippen LogP) is 1.68. The molecule has 0 saturated heterocycles. The van der Waals surface area contributed by atoms with Crippen LogP contribution in [-0.2, 0) is 0 Å². The van der Waals surface area contributed by atoms with Gasteiger partial charge in [-0.05, 0) is 12.1 Å². The zero-order valence-electron chi connectivity index (χ0n) is 11.6. The smallest absolute Gasteiger partial charge is 0.277 e. The molecule has 0 aliphatic heterocycles. The van der Waals surface area contributed by atoms with Crippen molar-refractivity contribution in [3.05, 3.63) is 36.0 Å². The molecule has 0 saturated carbocycles. The first-order valence-electron chi connectivity index (χ1n) is 6.25. The maximum absolute atomic E-state index is 12.3. The highest BCUT2D eigenvalue weighted by molar-refractivity contribution is 6.05. The summed E-state index contributed by atoms with van der Waals surface area (Å²) in [4.78, 5) is 20.8. The van der Waals surface area contributed by atoms with Crippen molar-refractivity contribution >= 4 is 17.4 Å². The van der Waals surface area contributed by atoms with E-state index in [9.17, 15) is 4.79 Å². The van der Waals surface area contributed by atoms with Crippen LogP contribution in [0.1, 0.15) is 36.1 Å². The van der Waals surface area contributed by atoms with E-state index >= 15 is 0 Å². The molecule has 1 amide bonds. The van der Waals surface area contributed by atoms with Gasteiger partial charge < -0.3 is 10.6 Å². The summed E-state index contributed by atoms with van der Waals surface area (Å²) in [6.07, 6.45) is 3.14. The number of hydrogen-bond acceptors (Lipinski definition) is 6. The minimum Gasteiger partial charge on any atom is -0.385 e. The van der Waals surface area contributed by atoms with E-state index in [1.54, 1.807) is 25.4 Å². The first kappa shape index (κ1) is 13.9. The molecule has 2 aromatic heterocycles. The Morgan fingerprint density at radius 1 is 1.35 bits per heavy atom. The van der Waals surface area contributed by atoms with E-state index in [0.29, 0.717) is 17.3 Å². The van der Waals surface area contributed by atoms with Crippen LogP contribution in [0.25, 0.3) is 0 Å². The van der Waals surface area contributed by atoms with E-state index < -0.39 is 0 Å². The Labute approximate surface area is 116 Å². The number of nitrogens with one attached hydrogen (secondary N) is 2. The van der Waals surface area contributed by atoms with E-state index in [1.165, 1.54) is 6.20 Å². The molecular formula is C13H16N6O. The van der Waals surface area contributed by atoms with Gasteiger partial charge in [0.25, 0.3) is 5.91 Å². The van der Waals surface area contributed by atoms with E-state index in [2.05, 4.69) is 30.8 Å². The van der Waals surface area contributed by atoms with Crippen molar-refractivity contribution in [1.82, 2.24) is 20.2 Å². The molecule has 7 heteroatoms. The fraction of sp³-hybridized carbons (Fsp3) is 0.308. The van der Waals surface area contributed by atoms with Gasteiger partial charge in [-0.2, -0.15) is 5.10 Å². The third kappa shape index (κ3) is 3.05. The third-order valence-electron chi connectivity index (χ3n) is 2.62. The molecule has 0 aliphatic rings. The van der Waals surface area contributed by atoms with Crippen LogP contribution < -0.4 is 10.6 Å². The molecule has 0 bridgehead atoms. The first-order chi connectivity index (χ1) is 9.61. The Morgan fingerprint density at radius 3 is 2.75 bits per heavy atom. The molecule has 0 unspecified atom stereocenters. The summed E-state index contributed by atoms with van der Waals surface area (Å²) < 4.78 is 0. The molecule has 0 atom stereocenters. The van der Waals surface area contributed by atoms with Gasteiger partial charge in [0.2, 0.25) is 0 Å². The summed E-state index contributed by atoms with van der Waals surface area (Å²) in [6, 6.07) is 3.36. The molecule has 7 nitrogen and oxygen atoms in total. The van der Waals surface area contributed by atoms with Gasteiger partial charge in [-0.3, -0.25) is 4.79 Å². The highest BCUT2D eigenvalue weighted by Gasteiger charge is 2.16. The Balaban J connectivity index is 2.30. The minimum atomic E-state index is -0.348. The zero-order valence-corrected chi connectivity index (χ0v) is 11.6. The Bertz CT molecular complexity index is 599. The Kier molecular flexibility index (Phi) is 4.19. The van der Waals surface area contributed by atoms with Crippen molar-refractivity contribution in [1.29, 1.82) is 0 Å². The fourth-order valence-electron chi connectivity index (χ4n) is 1.57. The molecule has 2 N–H and O–H groups in total. The molecule has 20 heavy (non-hydrogen) atoms. The standard InChI is InChI=1S/C13H16N6O/c1-8(2)12-15-7-9(14-3)11(18-12)13(20)17-10-5-4-6-16-19-10/h4-8,14H,1-3H3,(H,17,19,20). The number of amides is 1. The summed E-state index contributed by atoms with van der Waals surface area (Å²) in [5.74, 6) is 0.792. The molecule has 0 aliphatic carbocycles. The molecule has 104 valence electrons. The van der Waals surface area contributed by atoms with Gasteiger partial charge in [-0.15, -0.1) is 5.10 Å². The molecule has 2 aromatic rings. The first-order valence-corrected chi connectivity index (χ1v) is 6.25. The summed E-state index contributed by atoms with van der Waals surface area (Å²) in [6.45, 7) is 3.94. The highest BCUT2D eigenvalue weighted by Crippen LogP contribution is 2.16. The molecule has 0 radical (unpaired) electrons. The van der Waals surface area contributed by atoms with Crippen LogP contribution in [0.2, 0.25) is 0 Å². The fourth-order valence-corrected chi connectivity index (χ4v) is 1.57. The van der Waals surface area contributed by atoms with Gasteiger partial charge in [0.05, 0.1) is 11.9 Å². The molecule has 2 rings (SSSR count). The van der Waals surface area contributed by atoms with Crippen molar-refractivity contribution in [2.45, 2.75) is 19.8 Å². The lowest BCUT2D eigenvalue weighted by atomic mass is 10.2. The molecule has 0 spiro atoms. The van der Waals surface area contributed by atoms with Crippen LogP contribution in [-0.4, -0.2) is 33.1 Å². The molecule has 0 aromatic carbocycles. The number of hydrogen-bond donors (Lipinski definition) is 2.